The van der Waals surface area contributed by atoms with Crippen molar-refractivity contribution in [1.29, 1.82) is 0 Å². The van der Waals surface area contributed by atoms with Crippen LogP contribution in [0.1, 0.15) is 5.69 Å². The number of ether oxygens (including phenoxy) is 3. The molecular weight excluding hydrogens is 364 g/mol. The molecular formula is C18H20N6O4. The van der Waals surface area contributed by atoms with Crippen LogP contribution in [0.3, 0.4) is 0 Å². The van der Waals surface area contributed by atoms with Gasteiger partial charge in [0.2, 0.25) is 5.75 Å². The number of nitrogens with one attached hydrogen (secondary N) is 2. The Morgan fingerprint density at radius 3 is 2.50 bits per heavy atom. The molecule has 10 heteroatoms. The van der Waals surface area contributed by atoms with Crippen LogP contribution in [-0.4, -0.2) is 47.3 Å². The lowest BCUT2D eigenvalue weighted by atomic mass is 10.2. The number of methoxy groups -OCH3 is 3. The lowest BCUT2D eigenvalue weighted by molar-refractivity contribution is 0.251. The van der Waals surface area contributed by atoms with Crippen LogP contribution in [0, 0.1) is 0 Å². The minimum Gasteiger partial charge on any atom is -0.493 e. The Labute approximate surface area is 161 Å². The van der Waals surface area contributed by atoms with Crippen molar-refractivity contribution in [3.63, 3.8) is 0 Å². The van der Waals surface area contributed by atoms with E-state index in [0.29, 0.717) is 28.6 Å². The maximum atomic E-state index is 12.2. The van der Waals surface area contributed by atoms with Crippen molar-refractivity contribution in [3.8, 4) is 22.9 Å². The van der Waals surface area contributed by atoms with Gasteiger partial charge in [0.1, 0.15) is 5.69 Å². The van der Waals surface area contributed by atoms with Gasteiger partial charge in [-0.1, -0.05) is 5.21 Å². The molecule has 0 aliphatic carbocycles. The molecule has 0 unspecified atom stereocenters. The Kier molecular flexibility index (Phi) is 5.90. The molecule has 0 aliphatic heterocycles. The second-order valence-corrected chi connectivity index (χ2v) is 5.59. The number of hydrogen-bond donors (Lipinski definition) is 2. The summed E-state index contributed by atoms with van der Waals surface area (Å²) in [7, 11) is 4.53. The van der Waals surface area contributed by atoms with E-state index in [-0.39, 0.29) is 6.54 Å². The smallest absolute Gasteiger partial charge is 0.319 e. The second kappa shape index (κ2) is 8.71. The molecule has 0 spiro atoms. The zero-order valence-corrected chi connectivity index (χ0v) is 15.7. The number of urea groups is 1. The molecule has 0 atom stereocenters. The lowest BCUT2D eigenvalue weighted by Gasteiger charge is -2.14. The molecule has 0 bridgehead atoms. The summed E-state index contributed by atoms with van der Waals surface area (Å²) in [4.78, 5) is 16.3. The third kappa shape index (κ3) is 4.29. The standard InChI is InChI=1S/C18H20N6O4/c1-26-15-7-12(8-16(27-2)17(15)28-3)21-18(25)20-9-13-11-24(23-22-13)14-5-4-6-19-10-14/h4-8,10-11H,9H2,1-3H3,(H2,20,21,25). The van der Waals surface area contributed by atoms with E-state index >= 15 is 0 Å². The summed E-state index contributed by atoms with van der Waals surface area (Å²) in [6.07, 6.45) is 5.07. The highest BCUT2D eigenvalue weighted by molar-refractivity contribution is 5.90. The second-order valence-electron chi connectivity index (χ2n) is 5.59. The van der Waals surface area contributed by atoms with Crippen molar-refractivity contribution in [3.05, 3.63) is 48.5 Å². The van der Waals surface area contributed by atoms with Gasteiger partial charge < -0.3 is 24.8 Å². The summed E-state index contributed by atoms with van der Waals surface area (Å²) in [5, 5.41) is 13.5. The molecule has 2 N–H and O–H groups in total. The molecule has 10 nitrogen and oxygen atoms in total. The van der Waals surface area contributed by atoms with E-state index in [1.54, 1.807) is 41.5 Å². The van der Waals surface area contributed by atoms with Crippen LogP contribution >= 0.6 is 0 Å². The van der Waals surface area contributed by atoms with Gasteiger partial charge in [0.25, 0.3) is 0 Å². The lowest BCUT2D eigenvalue weighted by Crippen LogP contribution is -2.28. The maximum Gasteiger partial charge on any atom is 0.319 e. The molecule has 3 rings (SSSR count). The maximum absolute atomic E-state index is 12.2. The minimum atomic E-state index is -0.412. The molecule has 0 saturated carbocycles. The number of carbonyl (C=O) groups is 1. The fraction of sp³-hybridized carbons (Fsp3) is 0.222. The molecule has 2 aromatic heterocycles. The Hall–Kier alpha value is -3.82. The number of aromatic nitrogens is 4. The van der Waals surface area contributed by atoms with E-state index in [2.05, 4.69) is 25.9 Å². The Balaban J connectivity index is 1.63. The highest BCUT2D eigenvalue weighted by Gasteiger charge is 2.14. The summed E-state index contributed by atoms with van der Waals surface area (Å²) < 4.78 is 17.4. The first-order valence-corrected chi connectivity index (χ1v) is 8.31. The molecule has 2 heterocycles. The average Bonchev–Trinajstić information content (AvgIpc) is 3.21. The quantitative estimate of drug-likeness (QED) is 0.641. The number of carbonyl (C=O) groups excluding carboxylic acids is 1. The van der Waals surface area contributed by atoms with Crippen LogP contribution in [0.2, 0.25) is 0 Å². The Bertz CT molecular complexity index is 919. The Morgan fingerprint density at radius 1 is 1.14 bits per heavy atom. The van der Waals surface area contributed by atoms with Crippen LogP contribution in [0.25, 0.3) is 5.69 Å². The summed E-state index contributed by atoms with van der Waals surface area (Å²) in [5.41, 5.74) is 1.87. The highest BCUT2D eigenvalue weighted by Crippen LogP contribution is 2.39. The number of hydrogen-bond acceptors (Lipinski definition) is 7. The number of nitrogens with zero attached hydrogens (tertiary/aromatic N) is 4. The van der Waals surface area contributed by atoms with Crippen LogP contribution in [0.5, 0.6) is 17.2 Å². The topological polar surface area (TPSA) is 112 Å². The summed E-state index contributed by atoms with van der Waals surface area (Å²) in [6.45, 7) is 0.205. The number of amides is 2. The molecule has 3 aromatic rings. The average molecular weight is 384 g/mol. The molecule has 0 fully saturated rings. The van der Waals surface area contributed by atoms with Gasteiger partial charge in [-0.15, -0.1) is 5.10 Å². The first-order valence-electron chi connectivity index (χ1n) is 8.31. The minimum absolute atomic E-state index is 0.205. The third-order valence-electron chi connectivity index (χ3n) is 3.80. The highest BCUT2D eigenvalue weighted by atomic mass is 16.5. The molecule has 2 amide bonds. The van der Waals surface area contributed by atoms with Gasteiger partial charge in [0.05, 0.1) is 51.6 Å². The number of anilines is 1. The first kappa shape index (κ1) is 19.0. The van der Waals surface area contributed by atoms with Gasteiger partial charge in [-0.3, -0.25) is 4.98 Å². The SMILES string of the molecule is COc1cc(NC(=O)NCc2cn(-c3cccnc3)nn2)cc(OC)c1OC. The zero-order valence-electron chi connectivity index (χ0n) is 15.7. The van der Waals surface area contributed by atoms with Crippen molar-refractivity contribution in [2.75, 3.05) is 26.6 Å². The van der Waals surface area contributed by atoms with Gasteiger partial charge in [-0.25, -0.2) is 9.48 Å². The van der Waals surface area contributed by atoms with Gasteiger partial charge in [-0.05, 0) is 12.1 Å². The molecule has 0 aliphatic rings. The molecule has 28 heavy (non-hydrogen) atoms. The normalized spacial score (nSPS) is 10.2. The summed E-state index contributed by atoms with van der Waals surface area (Å²) in [6, 6.07) is 6.53. The van der Waals surface area contributed by atoms with E-state index in [1.165, 1.54) is 21.3 Å². The van der Waals surface area contributed by atoms with Crippen LogP contribution in [0.15, 0.2) is 42.9 Å². The van der Waals surface area contributed by atoms with Gasteiger partial charge in [0.15, 0.2) is 11.5 Å². The van der Waals surface area contributed by atoms with E-state index in [1.807, 2.05) is 6.07 Å². The molecule has 0 saturated heterocycles. The van der Waals surface area contributed by atoms with E-state index in [9.17, 15) is 4.79 Å². The largest absolute Gasteiger partial charge is 0.493 e. The van der Waals surface area contributed by atoms with E-state index in [4.69, 9.17) is 14.2 Å². The van der Waals surface area contributed by atoms with Crippen molar-refractivity contribution >= 4 is 11.7 Å². The van der Waals surface area contributed by atoms with E-state index < -0.39 is 6.03 Å². The molecule has 146 valence electrons. The van der Waals surface area contributed by atoms with Crippen molar-refractivity contribution in [2.24, 2.45) is 0 Å². The number of benzene rings is 1. The van der Waals surface area contributed by atoms with E-state index in [0.717, 1.165) is 5.69 Å². The predicted octanol–water partition coefficient (Wildman–Crippen LogP) is 2.01. The van der Waals surface area contributed by atoms with Gasteiger partial charge >= 0.3 is 6.03 Å². The van der Waals surface area contributed by atoms with Gasteiger partial charge in [0, 0.05) is 18.3 Å². The Morgan fingerprint density at radius 2 is 1.89 bits per heavy atom. The first-order chi connectivity index (χ1) is 13.6. The van der Waals surface area contributed by atoms with Crippen LogP contribution < -0.4 is 24.8 Å². The predicted molar refractivity (Wildman–Crippen MR) is 101 cm³/mol. The van der Waals surface area contributed by atoms with Gasteiger partial charge in [-0.2, -0.15) is 0 Å². The van der Waals surface area contributed by atoms with Crippen molar-refractivity contribution in [2.45, 2.75) is 6.54 Å². The fourth-order valence-corrected chi connectivity index (χ4v) is 2.49. The third-order valence-corrected chi connectivity index (χ3v) is 3.80. The van der Waals surface area contributed by atoms with Crippen molar-refractivity contribution < 1.29 is 19.0 Å². The van der Waals surface area contributed by atoms with Crippen molar-refractivity contribution in [1.82, 2.24) is 25.3 Å². The van der Waals surface area contributed by atoms with Crippen LogP contribution in [0.4, 0.5) is 10.5 Å². The molecule has 1 aromatic carbocycles. The summed E-state index contributed by atoms with van der Waals surface area (Å²) in [5.74, 6) is 1.33. The van der Waals surface area contributed by atoms with Crippen LogP contribution in [-0.2, 0) is 6.54 Å². The number of rotatable bonds is 7. The zero-order chi connectivity index (χ0) is 19.9. The molecule has 0 radical (unpaired) electrons. The fourth-order valence-electron chi connectivity index (χ4n) is 2.49. The number of pyridine rings is 1. The monoisotopic (exact) mass is 384 g/mol. The summed E-state index contributed by atoms with van der Waals surface area (Å²) >= 11 is 0.